The zero-order chi connectivity index (χ0) is 7.56. The lowest BCUT2D eigenvalue weighted by Gasteiger charge is -2.07. The van der Waals surface area contributed by atoms with Gasteiger partial charge in [-0.25, -0.2) is 9.79 Å². The van der Waals surface area contributed by atoms with E-state index in [1.54, 1.807) is 0 Å². The maximum absolute atomic E-state index is 10.6. The van der Waals surface area contributed by atoms with Gasteiger partial charge < -0.3 is 0 Å². The summed E-state index contributed by atoms with van der Waals surface area (Å²) in [5.74, 6) is -0.283. The molecule has 0 aromatic carbocycles. The summed E-state index contributed by atoms with van der Waals surface area (Å²) in [7, 11) is 0. The van der Waals surface area contributed by atoms with Crippen molar-refractivity contribution in [2.45, 2.75) is 6.42 Å². The van der Waals surface area contributed by atoms with Crippen molar-refractivity contribution in [3.63, 3.8) is 0 Å². The van der Waals surface area contributed by atoms with E-state index >= 15 is 0 Å². The van der Waals surface area contributed by atoms with Gasteiger partial charge in [-0.1, -0.05) is 15.9 Å². The number of aliphatic imine (C=N–C) groups is 1. The standard InChI is InChI=1S/C5H5BrN2O2/c6-2-3-1-4(9)8-5(10)7-3/h1-2H2,(H,8,9,10). The molecule has 5 heteroatoms. The fraction of sp³-hybridized carbons (Fsp3) is 0.400. The third kappa shape index (κ3) is 1.63. The Balaban J connectivity index is 2.74. The lowest BCUT2D eigenvalue weighted by molar-refractivity contribution is -0.118. The van der Waals surface area contributed by atoms with Crippen LogP contribution in [0, 0.1) is 0 Å². The van der Waals surface area contributed by atoms with E-state index in [0.717, 1.165) is 0 Å². The maximum Gasteiger partial charge on any atom is 0.347 e. The van der Waals surface area contributed by atoms with E-state index in [9.17, 15) is 9.59 Å². The summed E-state index contributed by atoms with van der Waals surface area (Å²) in [4.78, 5) is 24.7. The van der Waals surface area contributed by atoms with Crippen molar-refractivity contribution in [2.24, 2.45) is 4.99 Å². The van der Waals surface area contributed by atoms with Crippen LogP contribution < -0.4 is 5.32 Å². The second kappa shape index (κ2) is 2.92. The van der Waals surface area contributed by atoms with Gasteiger partial charge in [0.05, 0.1) is 6.42 Å². The molecule has 0 fully saturated rings. The van der Waals surface area contributed by atoms with E-state index in [0.29, 0.717) is 11.0 Å². The summed E-state index contributed by atoms with van der Waals surface area (Å²) in [6.45, 7) is 0. The normalized spacial score (nSPS) is 18.3. The fourth-order valence-corrected chi connectivity index (χ4v) is 0.961. The highest BCUT2D eigenvalue weighted by molar-refractivity contribution is 9.09. The molecule has 0 aromatic heterocycles. The molecule has 0 bridgehead atoms. The van der Waals surface area contributed by atoms with Crippen LogP contribution in [-0.2, 0) is 4.79 Å². The van der Waals surface area contributed by atoms with E-state index < -0.39 is 6.03 Å². The number of nitrogens with zero attached hydrogens (tertiary/aromatic N) is 1. The largest absolute Gasteiger partial charge is 0.347 e. The Hall–Kier alpha value is -0.710. The van der Waals surface area contributed by atoms with Gasteiger partial charge in [0.2, 0.25) is 5.91 Å². The third-order valence-electron chi connectivity index (χ3n) is 1.02. The summed E-state index contributed by atoms with van der Waals surface area (Å²) >= 11 is 3.10. The molecule has 1 N–H and O–H groups in total. The summed E-state index contributed by atoms with van der Waals surface area (Å²) in [6, 6.07) is -0.564. The first-order valence-corrected chi connectivity index (χ1v) is 3.80. The zero-order valence-corrected chi connectivity index (χ0v) is 6.64. The smallest absolute Gasteiger partial charge is 0.276 e. The van der Waals surface area contributed by atoms with E-state index in [1.165, 1.54) is 0 Å². The van der Waals surface area contributed by atoms with Crippen molar-refractivity contribution in [2.75, 3.05) is 5.33 Å². The second-order valence-electron chi connectivity index (χ2n) is 1.84. The van der Waals surface area contributed by atoms with Crippen LogP contribution in [0.25, 0.3) is 0 Å². The Bertz CT molecular complexity index is 212. The molecule has 10 heavy (non-hydrogen) atoms. The molecule has 0 saturated carbocycles. The number of alkyl halides is 1. The number of carbonyl (C=O) groups excluding carboxylic acids is 2. The van der Waals surface area contributed by atoms with Crippen molar-refractivity contribution in [3.8, 4) is 0 Å². The van der Waals surface area contributed by atoms with Gasteiger partial charge in [-0.05, 0) is 0 Å². The molecule has 4 nitrogen and oxygen atoms in total. The highest BCUT2D eigenvalue weighted by Gasteiger charge is 2.16. The number of carbonyl (C=O) groups is 2. The minimum atomic E-state index is -0.564. The molecule has 0 aromatic rings. The predicted octanol–water partition coefficient (Wildman–Crippen LogP) is 0.462. The number of urea groups is 1. The molecule has 54 valence electrons. The molecular formula is C5H5BrN2O2. The van der Waals surface area contributed by atoms with Crippen LogP contribution in [0.3, 0.4) is 0 Å². The van der Waals surface area contributed by atoms with Gasteiger partial charge in [0.15, 0.2) is 0 Å². The molecule has 3 amide bonds. The van der Waals surface area contributed by atoms with Gasteiger partial charge in [0, 0.05) is 11.0 Å². The molecule has 0 saturated heterocycles. The van der Waals surface area contributed by atoms with Crippen molar-refractivity contribution < 1.29 is 9.59 Å². The zero-order valence-electron chi connectivity index (χ0n) is 5.06. The number of imide groups is 1. The van der Waals surface area contributed by atoms with Crippen molar-refractivity contribution >= 4 is 33.6 Å². The van der Waals surface area contributed by atoms with Crippen LogP contribution in [0.4, 0.5) is 4.79 Å². The first-order chi connectivity index (χ1) is 4.72. The van der Waals surface area contributed by atoms with Gasteiger partial charge in [-0.2, -0.15) is 0 Å². The minimum Gasteiger partial charge on any atom is -0.276 e. The second-order valence-corrected chi connectivity index (χ2v) is 2.40. The van der Waals surface area contributed by atoms with Crippen LogP contribution in [-0.4, -0.2) is 23.0 Å². The topological polar surface area (TPSA) is 58.5 Å². The Morgan fingerprint density at radius 2 is 2.30 bits per heavy atom. The third-order valence-corrected chi connectivity index (χ3v) is 1.67. The Morgan fingerprint density at radius 3 is 2.80 bits per heavy atom. The van der Waals surface area contributed by atoms with Gasteiger partial charge >= 0.3 is 6.03 Å². The summed E-state index contributed by atoms with van der Waals surface area (Å²) in [6.07, 6.45) is 0.219. The number of rotatable bonds is 1. The lowest BCUT2D eigenvalue weighted by Crippen LogP contribution is -2.35. The number of hydrogen-bond acceptors (Lipinski definition) is 2. The van der Waals surface area contributed by atoms with Crippen LogP contribution >= 0.6 is 15.9 Å². The van der Waals surface area contributed by atoms with Crippen molar-refractivity contribution in [1.82, 2.24) is 5.32 Å². The van der Waals surface area contributed by atoms with Crippen molar-refractivity contribution in [1.29, 1.82) is 0 Å². The molecule has 0 radical (unpaired) electrons. The predicted molar refractivity (Wildman–Crippen MR) is 39.4 cm³/mol. The Morgan fingerprint density at radius 1 is 1.60 bits per heavy atom. The average molecular weight is 205 g/mol. The van der Waals surface area contributed by atoms with Crippen LogP contribution in [0.15, 0.2) is 4.99 Å². The molecule has 1 rings (SSSR count). The van der Waals surface area contributed by atoms with Gasteiger partial charge in [-0.15, -0.1) is 0 Å². The quantitative estimate of drug-likeness (QED) is 0.632. The molecule has 0 aliphatic carbocycles. The molecule has 1 heterocycles. The average Bonchev–Trinajstić information content (AvgIpc) is 1.85. The molecule has 1 aliphatic rings. The number of halogens is 1. The molecular weight excluding hydrogens is 200 g/mol. The maximum atomic E-state index is 10.6. The highest BCUT2D eigenvalue weighted by Crippen LogP contribution is 1.98. The summed E-state index contributed by atoms with van der Waals surface area (Å²) < 4.78 is 0. The first-order valence-electron chi connectivity index (χ1n) is 2.68. The summed E-state index contributed by atoms with van der Waals surface area (Å²) in [5.41, 5.74) is 0.578. The Kier molecular flexibility index (Phi) is 2.16. The van der Waals surface area contributed by atoms with Gasteiger partial charge in [0.25, 0.3) is 0 Å². The van der Waals surface area contributed by atoms with Gasteiger partial charge in [-0.3, -0.25) is 10.1 Å². The van der Waals surface area contributed by atoms with Crippen LogP contribution in [0.5, 0.6) is 0 Å². The lowest BCUT2D eigenvalue weighted by atomic mass is 10.2. The number of nitrogens with one attached hydrogen (secondary N) is 1. The molecule has 0 atom stereocenters. The van der Waals surface area contributed by atoms with E-state index in [-0.39, 0.29) is 12.3 Å². The summed E-state index contributed by atoms with van der Waals surface area (Å²) in [5, 5.41) is 2.54. The first kappa shape index (κ1) is 7.40. The van der Waals surface area contributed by atoms with E-state index in [4.69, 9.17) is 0 Å². The minimum absolute atomic E-state index is 0.219. The Labute approximate surface area is 65.8 Å². The van der Waals surface area contributed by atoms with Crippen LogP contribution in [0.1, 0.15) is 6.42 Å². The monoisotopic (exact) mass is 204 g/mol. The molecule has 0 unspecified atom stereocenters. The molecule has 1 aliphatic heterocycles. The van der Waals surface area contributed by atoms with Crippen LogP contribution in [0.2, 0.25) is 0 Å². The molecule has 0 spiro atoms. The van der Waals surface area contributed by atoms with E-state index in [2.05, 4.69) is 26.2 Å². The SMILES string of the molecule is O=C1CC(CBr)=NC(=O)N1. The fourth-order valence-electron chi connectivity index (χ4n) is 0.637. The van der Waals surface area contributed by atoms with Gasteiger partial charge in [0.1, 0.15) is 0 Å². The highest BCUT2D eigenvalue weighted by atomic mass is 79.9. The number of amides is 3. The van der Waals surface area contributed by atoms with E-state index in [1.807, 2.05) is 0 Å². The van der Waals surface area contributed by atoms with Crippen molar-refractivity contribution in [3.05, 3.63) is 0 Å². The number of hydrogen-bond donors (Lipinski definition) is 1.